The van der Waals surface area contributed by atoms with Gasteiger partial charge < -0.3 is 24.5 Å². The molecule has 2 N–H and O–H groups in total. The zero-order chi connectivity index (χ0) is 18.1. The molecule has 2 bridgehead atoms. The molecule has 5 heterocycles. The molecule has 0 radical (unpaired) electrons. The van der Waals surface area contributed by atoms with E-state index >= 15 is 0 Å². The van der Waals surface area contributed by atoms with E-state index < -0.39 is 11.6 Å². The molecule has 6 nitrogen and oxygen atoms in total. The Hall–Kier alpha value is -1.29. The Morgan fingerprint density at radius 1 is 1.15 bits per heavy atom. The molecule has 146 valence electrons. The topological polar surface area (TPSA) is 93.4 Å². The Morgan fingerprint density at radius 2 is 1.67 bits per heavy atom. The monoisotopic (exact) mass is 409 g/mol. The van der Waals surface area contributed by atoms with E-state index in [0.29, 0.717) is 34.0 Å². The minimum Gasteiger partial charge on any atom is -0.833 e. The van der Waals surface area contributed by atoms with E-state index in [2.05, 4.69) is 14.1 Å². The van der Waals surface area contributed by atoms with Crippen LogP contribution in [-0.2, 0) is 19.9 Å². The maximum Gasteiger partial charge on any atom is 0.306 e. The van der Waals surface area contributed by atoms with Crippen LogP contribution >= 0.6 is 22.7 Å². The molecule has 0 aliphatic carbocycles. The van der Waals surface area contributed by atoms with Gasteiger partial charge in [-0.3, -0.25) is 4.79 Å². The van der Waals surface area contributed by atoms with Gasteiger partial charge in [-0.25, -0.2) is 0 Å². The first-order chi connectivity index (χ1) is 12.4. The van der Waals surface area contributed by atoms with Crippen LogP contribution in [0.2, 0.25) is 0 Å². The molecule has 0 saturated carbocycles. The first-order valence-electron chi connectivity index (χ1n) is 8.90. The van der Waals surface area contributed by atoms with E-state index in [4.69, 9.17) is 9.47 Å². The smallest absolute Gasteiger partial charge is 0.306 e. The number of thiophene rings is 2. The van der Waals surface area contributed by atoms with Crippen LogP contribution < -0.4 is 5.11 Å². The molecule has 0 aromatic carbocycles. The SMILES string of the molecule is C[N+]1(C)C2CC(OC(=O)C([O-])(c3cccs3)c3cccs3)CC1C1OC12.O. The van der Waals surface area contributed by atoms with Crippen molar-refractivity contribution in [3.8, 4) is 0 Å². The summed E-state index contributed by atoms with van der Waals surface area (Å²) < 4.78 is 12.6. The number of likely N-dealkylation sites (N-methyl/N-ethyl adjacent to an activating group) is 1. The number of esters is 1. The van der Waals surface area contributed by atoms with Crippen LogP contribution in [0, 0.1) is 0 Å². The lowest BCUT2D eigenvalue weighted by Gasteiger charge is -2.46. The quantitative estimate of drug-likeness (QED) is 0.426. The van der Waals surface area contributed by atoms with Crippen molar-refractivity contribution in [1.29, 1.82) is 0 Å². The zero-order valence-corrected chi connectivity index (χ0v) is 16.8. The average Bonchev–Trinajstić information content (AvgIpc) is 2.98. The van der Waals surface area contributed by atoms with Crippen LogP contribution in [0.25, 0.3) is 0 Å². The second kappa shape index (κ2) is 6.37. The van der Waals surface area contributed by atoms with Crippen molar-refractivity contribution in [2.24, 2.45) is 0 Å². The summed E-state index contributed by atoms with van der Waals surface area (Å²) in [4.78, 5) is 14.0. The van der Waals surface area contributed by atoms with Crippen LogP contribution in [-0.4, -0.2) is 60.4 Å². The van der Waals surface area contributed by atoms with Crippen molar-refractivity contribution >= 4 is 28.6 Å². The van der Waals surface area contributed by atoms with Crippen LogP contribution in [0.5, 0.6) is 0 Å². The van der Waals surface area contributed by atoms with Gasteiger partial charge in [0.15, 0.2) is 0 Å². The van der Waals surface area contributed by atoms with Crippen LogP contribution in [0.1, 0.15) is 22.6 Å². The molecule has 4 unspecified atom stereocenters. The summed E-state index contributed by atoms with van der Waals surface area (Å²) in [6.45, 7) is 0. The Bertz CT molecular complexity index is 765. The van der Waals surface area contributed by atoms with Crippen molar-refractivity contribution < 1.29 is 29.3 Å². The second-order valence-electron chi connectivity index (χ2n) is 7.96. The van der Waals surface area contributed by atoms with E-state index in [1.54, 1.807) is 24.3 Å². The summed E-state index contributed by atoms with van der Waals surface area (Å²) in [5, 5.41) is 17.4. The number of hydrogen-bond acceptors (Lipinski definition) is 6. The van der Waals surface area contributed by atoms with Crippen LogP contribution in [0.15, 0.2) is 35.0 Å². The van der Waals surface area contributed by atoms with Gasteiger partial charge in [0.1, 0.15) is 30.4 Å². The van der Waals surface area contributed by atoms with Gasteiger partial charge in [-0.15, -0.1) is 22.7 Å². The highest BCUT2D eigenvalue weighted by Crippen LogP contribution is 2.52. The minimum absolute atomic E-state index is 0. The molecule has 8 heteroatoms. The van der Waals surface area contributed by atoms with Gasteiger partial charge in [-0.2, -0.15) is 0 Å². The third-order valence-corrected chi connectivity index (χ3v) is 8.28. The number of epoxide rings is 1. The van der Waals surface area contributed by atoms with Crippen molar-refractivity contribution in [2.75, 3.05) is 14.1 Å². The Labute approximate surface area is 165 Å². The zero-order valence-electron chi connectivity index (χ0n) is 15.2. The number of morpholine rings is 1. The molecular weight excluding hydrogens is 386 g/mol. The average molecular weight is 410 g/mol. The van der Waals surface area contributed by atoms with Crippen molar-refractivity contribution in [3.63, 3.8) is 0 Å². The Balaban J connectivity index is 0.00000180. The van der Waals surface area contributed by atoms with Gasteiger partial charge in [-0.05, 0) is 22.9 Å². The van der Waals surface area contributed by atoms with Gasteiger partial charge in [0.05, 0.1) is 19.7 Å². The lowest BCUT2D eigenvalue weighted by molar-refractivity contribution is -0.938. The highest BCUT2D eigenvalue weighted by atomic mass is 32.1. The third kappa shape index (κ3) is 2.70. The van der Waals surface area contributed by atoms with Crippen LogP contribution in [0.3, 0.4) is 0 Å². The standard InChI is InChI=1S/C19H21NO4S2.H2O/c1-20(2)12-9-11(10-13(20)17-16(12)24-17)23-18(21)19(22,14-5-3-7-25-14)15-6-4-8-26-15;/h3-8,11-13,16-17H,9-10H2,1-2H3;1H2. The molecule has 0 amide bonds. The molecule has 3 aliphatic heterocycles. The summed E-state index contributed by atoms with van der Waals surface area (Å²) in [5.74, 6) is -0.673. The first kappa shape index (κ1) is 19.0. The summed E-state index contributed by atoms with van der Waals surface area (Å²) >= 11 is 2.62. The molecule has 4 atom stereocenters. The fourth-order valence-electron chi connectivity index (χ4n) is 4.82. The van der Waals surface area contributed by atoms with E-state index in [1.165, 1.54) is 22.7 Å². The number of hydrogen-bond donors (Lipinski definition) is 0. The lowest BCUT2D eigenvalue weighted by atomic mass is 9.95. The molecule has 3 fully saturated rings. The number of ether oxygens (including phenoxy) is 2. The van der Waals surface area contributed by atoms with E-state index in [-0.39, 0.29) is 11.6 Å². The van der Waals surface area contributed by atoms with E-state index in [9.17, 15) is 9.90 Å². The summed E-state index contributed by atoms with van der Waals surface area (Å²) in [5.41, 5.74) is -1.97. The first-order valence-corrected chi connectivity index (χ1v) is 10.7. The predicted molar refractivity (Wildman–Crippen MR) is 100 cm³/mol. The van der Waals surface area contributed by atoms with Crippen LogP contribution in [0.4, 0.5) is 0 Å². The summed E-state index contributed by atoms with van der Waals surface area (Å²) in [6, 6.07) is 7.76. The fourth-order valence-corrected chi connectivity index (χ4v) is 6.52. The van der Waals surface area contributed by atoms with E-state index in [1.807, 2.05) is 10.8 Å². The molecule has 2 aromatic rings. The Morgan fingerprint density at radius 3 is 2.11 bits per heavy atom. The third-order valence-electron chi connectivity index (χ3n) is 6.34. The molecule has 5 rings (SSSR count). The number of fused-ring (bicyclic) bond motifs is 5. The number of piperidine rings is 1. The fraction of sp³-hybridized carbons (Fsp3) is 0.526. The Kier molecular flexibility index (Phi) is 4.49. The minimum atomic E-state index is -1.97. The summed E-state index contributed by atoms with van der Waals surface area (Å²) in [6.07, 6.45) is 1.92. The highest BCUT2D eigenvalue weighted by molar-refractivity contribution is 7.12. The highest BCUT2D eigenvalue weighted by Gasteiger charge is 2.70. The molecular formula is C19H23NO5S2. The van der Waals surface area contributed by atoms with Crippen molar-refractivity contribution in [2.45, 2.75) is 48.8 Å². The molecule has 3 aliphatic rings. The van der Waals surface area contributed by atoms with Crippen molar-refractivity contribution in [3.05, 3.63) is 44.8 Å². The van der Waals surface area contributed by atoms with Gasteiger partial charge in [0.2, 0.25) is 0 Å². The molecule has 3 saturated heterocycles. The normalized spacial score (nSPS) is 33.1. The van der Waals surface area contributed by atoms with Gasteiger partial charge in [0.25, 0.3) is 0 Å². The maximum absolute atomic E-state index is 13.7. The number of carbonyl (C=O) groups excluding carboxylic acids is 1. The van der Waals surface area contributed by atoms with E-state index in [0.717, 1.165) is 17.3 Å². The predicted octanol–water partition coefficient (Wildman–Crippen LogP) is 0.889. The second-order valence-corrected chi connectivity index (χ2v) is 9.86. The van der Waals surface area contributed by atoms with Gasteiger partial charge >= 0.3 is 5.97 Å². The molecule has 27 heavy (non-hydrogen) atoms. The number of nitrogens with zero attached hydrogens (tertiary/aromatic N) is 1. The summed E-state index contributed by atoms with van der Waals surface area (Å²) in [7, 11) is 4.47. The lowest BCUT2D eigenvalue weighted by Crippen LogP contribution is -2.60. The molecule has 2 aromatic heterocycles. The maximum atomic E-state index is 13.7. The number of rotatable bonds is 4. The van der Waals surface area contributed by atoms with Crippen molar-refractivity contribution in [1.82, 2.24) is 0 Å². The largest absolute Gasteiger partial charge is 0.833 e. The van der Waals surface area contributed by atoms with Gasteiger partial charge in [-0.1, -0.05) is 12.1 Å². The van der Waals surface area contributed by atoms with Gasteiger partial charge in [0, 0.05) is 22.6 Å². The number of quaternary nitrogens is 1. The number of carbonyl (C=O) groups is 1. The molecule has 0 spiro atoms.